The molecule has 1 fully saturated rings. The van der Waals surface area contributed by atoms with Crippen molar-refractivity contribution in [3.05, 3.63) is 42.0 Å². The number of benzene rings is 1. The summed E-state index contributed by atoms with van der Waals surface area (Å²) >= 11 is 0. The lowest BCUT2D eigenvalue weighted by Gasteiger charge is -2.34. The fraction of sp³-hybridized carbons (Fsp3) is 0.526. The van der Waals surface area contributed by atoms with E-state index in [-0.39, 0.29) is 5.91 Å². The fourth-order valence-corrected chi connectivity index (χ4v) is 3.60. The molecule has 2 aliphatic rings. The number of carbonyl (C=O) groups is 1. The second-order valence-electron chi connectivity index (χ2n) is 6.63. The van der Waals surface area contributed by atoms with E-state index in [4.69, 9.17) is 4.74 Å². The van der Waals surface area contributed by atoms with E-state index < -0.39 is 0 Å². The number of methoxy groups -OCH3 is 1. The van der Waals surface area contributed by atoms with Crippen LogP contribution in [0.3, 0.4) is 0 Å². The summed E-state index contributed by atoms with van der Waals surface area (Å²) in [6, 6.07) is 7.42. The number of nitrogens with zero attached hydrogens (tertiary/aromatic N) is 1. The Morgan fingerprint density at radius 3 is 2.57 bits per heavy atom. The molecular weight excluding hydrogens is 288 g/mol. The van der Waals surface area contributed by atoms with E-state index in [9.17, 15) is 4.79 Å². The summed E-state index contributed by atoms with van der Waals surface area (Å²) in [5.41, 5.74) is 0.756. The highest BCUT2D eigenvalue weighted by Gasteiger charge is 2.26. The predicted molar refractivity (Wildman–Crippen MR) is 90.9 cm³/mol. The lowest BCUT2D eigenvalue weighted by molar-refractivity contribution is -0.907. The molecule has 1 unspecified atom stereocenters. The molecule has 0 saturated carbocycles. The van der Waals surface area contributed by atoms with Gasteiger partial charge in [-0.15, -0.1) is 0 Å². The van der Waals surface area contributed by atoms with Crippen LogP contribution >= 0.6 is 0 Å². The number of quaternary nitrogens is 1. The van der Waals surface area contributed by atoms with Crippen molar-refractivity contribution in [1.82, 2.24) is 4.90 Å². The third-order valence-electron chi connectivity index (χ3n) is 5.05. The fourth-order valence-electron chi connectivity index (χ4n) is 3.60. The van der Waals surface area contributed by atoms with Gasteiger partial charge in [0.2, 0.25) is 0 Å². The van der Waals surface area contributed by atoms with Gasteiger partial charge in [-0.3, -0.25) is 4.79 Å². The van der Waals surface area contributed by atoms with Gasteiger partial charge in [-0.05, 0) is 43.5 Å². The average Bonchev–Trinajstić information content (AvgIpc) is 2.63. The van der Waals surface area contributed by atoms with Crippen LogP contribution < -0.4 is 9.64 Å². The molecule has 1 atom stereocenters. The van der Waals surface area contributed by atoms with Crippen LogP contribution in [-0.2, 0) is 0 Å². The number of ether oxygens (including phenoxy) is 1. The Morgan fingerprint density at radius 2 is 1.96 bits per heavy atom. The zero-order chi connectivity index (χ0) is 16.1. The monoisotopic (exact) mass is 315 g/mol. The second kappa shape index (κ2) is 7.64. The third-order valence-corrected chi connectivity index (χ3v) is 5.05. The van der Waals surface area contributed by atoms with Crippen LogP contribution in [0.2, 0.25) is 0 Å². The first-order valence-electron chi connectivity index (χ1n) is 8.68. The predicted octanol–water partition coefficient (Wildman–Crippen LogP) is 1.39. The van der Waals surface area contributed by atoms with E-state index in [1.54, 1.807) is 12.0 Å². The summed E-state index contributed by atoms with van der Waals surface area (Å²) in [5, 5.41) is 0. The molecule has 0 radical (unpaired) electrons. The molecule has 23 heavy (non-hydrogen) atoms. The van der Waals surface area contributed by atoms with Crippen molar-refractivity contribution in [2.24, 2.45) is 5.92 Å². The van der Waals surface area contributed by atoms with Crippen LogP contribution in [0.25, 0.3) is 0 Å². The first-order chi connectivity index (χ1) is 11.3. The number of hydrogen-bond donors (Lipinski definition) is 1. The Labute approximate surface area is 138 Å². The summed E-state index contributed by atoms with van der Waals surface area (Å²) in [4.78, 5) is 16.2. The summed E-state index contributed by atoms with van der Waals surface area (Å²) in [7, 11) is 1.64. The van der Waals surface area contributed by atoms with Gasteiger partial charge < -0.3 is 14.5 Å². The molecular formula is C19H27N2O2+. The van der Waals surface area contributed by atoms with Gasteiger partial charge >= 0.3 is 0 Å². The van der Waals surface area contributed by atoms with Crippen LogP contribution in [0, 0.1) is 5.92 Å². The summed E-state index contributed by atoms with van der Waals surface area (Å²) in [6.07, 6.45) is 8.43. The van der Waals surface area contributed by atoms with Crippen molar-refractivity contribution in [3.63, 3.8) is 0 Å². The van der Waals surface area contributed by atoms with E-state index >= 15 is 0 Å². The van der Waals surface area contributed by atoms with E-state index in [0.29, 0.717) is 0 Å². The quantitative estimate of drug-likeness (QED) is 0.852. The molecule has 1 saturated heterocycles. The number of rotatable bonds is 4. The molecule has 0 aromatic heterocycles. The molecule has 1 aromatic rings. The highest BCUT2D eigenvalue weighted by Crippen LogP contribution is 2.16. The van der Waals surface area contributed by atoms with Gasteiger partial charge in [0.15, 0.2) is 0 Å². The first kappa shape index (κ1) is 16.1. The molecule has 1 heterocycles. The molecule has 124 valence electrons. The van der Waals surface area contributed by atoms with Gasteiger partial charge in [-0.1, -0.05) is 12.2 Å². The molecule has 0 bridgehead atoms. The zero-order valence-electron chi connectivity index (χ0n) is 14.0. The van der Waals surface area contributed by atoms with Crippen molar-refractivity contribution in [1.29, 1.82) is 0 Å². The van der Waals surface area contributed by atoms with E-state index in [1.807, 2.05) is 29.2 Å². The molecule has 1 aliphatic heterocycles. The smallest absolute Gasteiger partial charge is 0.254 e. The SMILES string of the molecule is COc1ccc(C(=O)N2CC[NH+](CC3CC=CCC3)CC2)cc1. The maximum Gasteiger partial charge on any atom is 0.254 e. The number of allylic oxidation sites excluding steroid dienone is 2. The molecule has 3 rings (SSSR count). The third kappa shape index (κ3) is 4.14. The molecule has 1 aromatic carbocycles. The molecule has 0 spiro atoms. The Balaban J connectivity index is 1.49. The van der Waals surface area contributed by atoms with Gasteiger partial charge in [-0.25, -0.2) is 0 Å². The minimum atomic E-state index is 0.146. The minimum absolute atomic E-state index is 0.146. The number of hydrogen-bond acceptors (Lipinski definition) is 2. The highest BCUT2D eigenvalue weighted by molar-refractivity contribution is 5.94. The summed E-state index contributed by atoms with van der Waals surface area (Å²) in [5.74, 6) is 1.77. The minimum Gasteiger partial charge on any atom is -0.497 e. The average molecular weight is 315 g/mol. The molecule has 4 nitrogen and oxygen atoms in total. The topological polar surface area (TPSA) is 34.0 Å². The van der Waals surface area contributed by atoms with Crippen LogP contribution in [0.1, 0.15) is 29.6 Å². The second-order valence-corrected chi connectivity index (χ2v) is 6.63. The molecule has 1 N–H and O–H groups in total. The van der Waals surface area contributed by atoms with E-state index in [2.05, 4.69) is 12.2 Å². The molecule has 1 amide bonds. The largest absolute Gasteiger partial charge is 0.497 e. The lowest BCUT2D eigenvalue weighted by atomic mass is 9.94. The maximum atomic E-state index is 12.6. The normalized spacial score (nSPS) is 22.1. The summed E-state index contributed by atoms with van der Waals surface area (Å²) in [6.45, 7) is 5.13. The standard InChI is InChI=1S/C19H26N2O2/c1-23-18-9-7-17(8-10-18)19(22)21-13-11-20(12-14-21)15-16-5-3-2-4-6-16/h2-3,7-10,16H,4-6,11-15H2,1H3/p+1. The van der Waals surface area contributed by atoms with Crippen LogP contribution in [-0.4, -0.2) is 50.6 Å². The highest BCUT2D eigenvalue weighted by atomic mass is 16.5. The number of nitrogens with one attached hydrogen (secondary N) is 1. The molecule has 1 aliphatic carbocycles. The van der Waals surface area contributed by atoms with E-state index in [0.717, 1.165) is 43.4 Å². The number of carbonyl (C=O) groups excluding carboxylic acids is 1. The lowest BCUT2D eigenvalue weighted by Crippen LogP contribution is -3.15. The molecule has 4 heteroatoms. The van der Waals surface area contributed by atoms with Gasteiger partial charge in [0.1, 0.15) is 5.75 Å². The van der Waals surface area contributed by atoms with Crippen molar-refractivity contribution in [2.45, 2.75) is 19.3 Å². The van der Waals surface area contributed by atoms with Crippen LogP contribution in [0.4, 0.5) is 0 Å². The van der Waals surface area contributed by atoms with Gasteiger partial charge in [0.05, 0.1) is 39.8 Å². The number of piperazine rings is 1. The van der Waals surface area contributed by atoms with Gasteiger partial charge in [0, 0.05) is 11.5 Å². The Kier molecular flexibility index (Phi) is 5.34. The Bertz CT molecular complexity index is 545. The number of amides is 1. The van der Waals surface area contributed by atoms with Crippen molar-refractivity contribution >= 4 is 5.91 Å². The Morgan fingerprint density at radius 1 is 1.22 bits per heavy atom. The maximum absolute atomic E-state index is 12.6. The van der Waals surface area contributed by atoms with Crippen molar-refractivity contribution < 1.29 is 14.4 Å². The Hall–Kier alpha value is -1.81. The first-order valence-corrected chi connectivity index (χ1v) is 8.68. The van der Waals surface area contributed by atoms with E-state index in [1.165, 1.54) is 25.8 Å². The zero-order valence-corrected chi connectivity index (χ0v) is 14.0. The van der Waals surface area contributed by atoms with Gasteiger partial charge in [0.25, 0.3) is 5.91 Å². The van der Waals surface area contributed by atoms with Crippen LogP contribution in [0.5, 0.6) is 5.75 Å². The van der Waals surface area contributed by atoms with Crippen LogP contribution in [0.15, 0.2) is 36.4 Å². The van der Waals surface area contributed by atoms with Crippen molar-refractivity contribution in [3.8, 4) is 5.75 Å². The van der Waals surface area contributed by atoms with Crippen molar-refractivity contribution in [2.75, 3.05) is 39.8 Å². The summed E-state index contributed by atoms with van der Waals surface area (Å²) < 4.78 is 5.15. The van der Waals surface area contributed by atoms with Gasteiger partial charge in [-0.2, -0.15) is 0 Å².